The first-order valence-electron chi connectivity index (χ1n) is 8.33. The van der Waals surface area contributed by atoms with Crippen LogP contribution in [0.4, 0.5) is 5.13 Å². The van der Waals surface area contributed by atoms with Crippen molar-refractivity contribution in [1.29, 1.82) is 0 Å². The lowest BCUT2D eigenvalue weighted by Gasteiger charge is -2.34. The Bertz CT molecular complexity index is 858. The monoisotopic (exact) mass is 405 g/mol. The van der Waals surface area contributed by atoms with Gasteiger partial charge in [-0.05, 0) is 35.9 Å². The molecule has 2 aromatic heterocycles. The van der Waals surface area contributed by atoms with Crippen molar-refractivity contribution in [3.8, 4) is 10.6 Å². The molecule has 26 heavy (non-hydrogen) atoms. The first kappa shape index (κ1) is 17.7. The fourth-order valence-electron chi connectivity index (χ4n) is 2.98. The number of benzene rings is 1. The molecule has 0 saturated carbocycles. The fourth-order valence-corrected chi connectivity index (χ4v) is 4.39. The zero-order valence-corrected chi connectivity index (χ0v) is 16.3. The Morgan fingerprint density at radius 3 is 2.31 bits per heavy atom. The number of anilines is 1. The van der Waals surface area contributed by atoms with Gasteiger partial charge in [0, 0.05) is 60.7 Å². The molecule has 5 nitrogen and oxygen atoms in total. The summed E-state index contributed by atoms with van der Waals surface area (Å²) in [5.74, 6) is 0. The summed E-state index contributed by atoms with van der Waals surface area (Å²) in [6, 6.07) is 9.59. The molecular weight excluding hydrogens is 389 g/mol. The Morgan fingerprint density at radius 1 is 0.923 bits per heavy atom. The Balaban J connectivity index is 1.40. The molecular formula is C18H17Cl2N5S. The second-order valence-corrected chi connectivity index (χ2v) is 8.00. The van der Waals surface area contributed by atoms with Crippen molar-refractivity contribution < 1.29 is 0 Å². The number of hydrogen-bond acceptors (Lipinski definition) is 6. The van der Waals surface area contributed by atoms with Crippen LogP contribution in [0.2, 0.25) is 10.0 Å². The molecule has 3 aromatic rings. The summed E-state index contributed by atoms with van der Waals surface area (Å²) in [7, 11) is 0. The largest absolute Gasteiger partial charge is 0.344 e. The predicted molar refractivity (Wildman–Crippen MR) is 107 cm³/mol. The van der Waals surface area contributed by atoms with Gasteiger partial charge < -0.3 is 4.90 Å². The van der Waals surface area contributed by atoms with Gasteiger partial charge >= 0.3 is 0 Å². The van der Waals surface area contributed by atoms with Crippen LogP contribution < -0.4 is 4.90 Å². The Labute approximate surface area is 166 Å². The van der Waals surface area contributed by atoms with E-state index in [0.717, 1.165) is 48.4 Å². The average Bonchev–Trinajstić information content (AvgIpc) is 3.13. The van der Waals surface area contributed by atoms with Gasteiger partial charge in [0.05, 0.1) is 0 Å². The van der Waals surface area contributed by atoms with E-state index in [9.17, 15) is 0 Å². The van der Waals surface area contributed by atoms with E-state index < -0.39 is 0 Å². The average molecular weight is 406 g/mol. The van der Waals surface area contributed by atoms with Crippen LogP contribution in [0, 0.1) is 0 Å². The van der Waals surface area contributed by atoms with Gasteiger partial charge in [0.15, 0.2) is 0 Å². The number of hydrogen-bond donors (Lipinski definition) is 0. The van der Waals surface area contributed by atoms with E-state index in [1.165, 1.54) is 5.56 Å². The lowest BCUT2D eigenvalue weighted by atomic mass is 10.2. The number of halogens is 2. The minimum absolute atomic E-state index is 0.606. The molecule has 0 radical (unpaired) electrons. The molecule has 0 amide bonds. The second kappa shape index (κ2) is 7.88. The number of aromatic nitrogens is 3. The molecule has 0 bridgehead atoms. The van der Waals surface area contributed by atoms with Gasteiger partial charge in [-0.15, -0.1) is 10.2 Å². The molecule has 8 heteroatoms. The second-order valence-electron chi connectivity index (χ2n) is 6.17. The van der Waals surface area contributed by atoms with Gasteiger partial charge in [-0.1, -0.05) is 34.5 Å². The summed E-state index contributed by atoms with van der Waals surface area (Å²) in [4.78, 5) is 8.81. The number of nitrogens with zero attached hydrogens (tertiary/aromatic N) is 5. The lowest BCUT2D eigenvalue weighted by Crippen LogP contribution is -2.45. The van der Waals surface area contributed by atoms with Crippen LogP contribution in [0.25, 0.3) is 10.6 Å². The van der Waals surface area contributed by atoms with Crippen molar-refractivity contribution in [3.05, 3.63) is 58.3 Å². The van der Waals surface area contributed by atoms with Crippen LogP contribution in [0.5, 0.6) is 0 Å². The Morgan fingerprint density at radius 2 is 1.62 bits per heavy atom. The Hall–Kier alpha value is -1.73. The summed E-state index contributed by atoms with van der Waals surface area (Å²) >= 11 is 13.8. The highest BCUT2D eigenvalue weighted by atomic mass is 35.5. The standard InChI is InChI=1S/C18H17Cl2N5S/c19-15-9-14(10-16(20)11-15)17-22-23-18(26-17)25-7-5-24(6-8-25)12-13-1-3-21-4-2-13/h1-4,9-11H,5-8,12H2. The fraction of sp³-hybridized carbons (Fsp3) is 0.278. The summed E-state index contributed by atoms with van der Waals surface area (Å²) in [5.41, 5.74) is 2.20. The minimum Gasteiger partial charge on any atom is -0.344 e. The molecule has 1 aromatic carbocycles. The number of rotatable bonds is 4. The topological polar surface area (TPSA) is 45.2 Å². The third kappa shape index (κ3) is 4.15. The van der Waals surface area contributed by atoms with Crippen LogP contribution in [0.3, 0.4) is 0 Å². The highest BCUT2D eigenvalue weighted by Gasteiger charge is 2.20. The van der Waals surface area contributed by atoms with Crippen LogP contribution >= 0.6 is 34.5 Å². The molecule has 3 heterocycles. The Kier molecular flexibility index (Phi) is 5.36. The maximum Gasteiger partial charge on any atom is 0.208 e. The van der Waals surface area contributed by atoms with E-state index in [0.29, 0.717) is 10.0 Å². The third-order valence-corrected chi connectivity index (χ3v) is 5.79. The van der Waals surface area contributed by atoms with Crippen molar-refractivity contribution in [2.24, 2.45) is 0 Å². The van der Waals surface area contributed by atoms with Gasteiger partial charge in [-0.25, -0.2) is 0 Å². The maximum absolute atomic E-state index is 6.09. The van der Waals surface area contributed by atoms with Crippen molar-refractivity contribution in [2.45, 2.75) is 6.54 Å². The first-order chi connectivity index (χ1) is 12.7. The van der Waals surface area contributed by atoms with E-state index in [1.54, 1.807) is 17.4 Å². The molecule has 0 unspecified atom stereocenters. The van der Waals surface area contributed by atoms with Gasteiger partial charge in [-0.2, -0.15) is 0 Å². The van der Waals surface area contributed by atoms with Crippen molar-refractivity contribution >= 4 is 39.7 Å². The summed E-state index contributed by atoms with van der Waals surface area (Å²) in [6.45, 7) is 4.84. The zero-order valence-electron chi connectivity index (χ0n) is 14.0. The smallest absolute Gasteiger partial charge is 0.208 e. The molecule has 0 N–H and O–H groups in total. The van der Waals surface area contributed by atoms with Gasteiger partial charge in [0.1, 0.15) is 5.01 Å². The molecule has 1 aliphatic rings. The van der Waals surface area contributed by atoms with Crippen molar-refractivity contribution in [2.75, 3.05) is 31.1 Å². The molecule has 4 rings (SSSR count). The highest BCUT2D eigenvalue weighted by Crippen LogP contribution is 2.32. The molecule has 0 aliphatic carbocycles. The minimum atomic E-state index is 0.606. The van der Waals surface area contributed by atoms with E-state index in [1.807, 2.05) is 24.5 Å². The van der Waals surface area contributed by atoms with E-state index in [2.05, 4.69) is 37.1 Å². The molecule has 0 atom stereocenters. The highest BCUT2D eigenvalue weighted by molar-refractivity contribution is 7.18. The van der Waals surface area contributed by atoms with Crippen molar-refractivity contribution in [1.82, 2.24) is 20.1 Å². The number of piperazine rings is 1. The molecule has 1 fully saturated rings. The molecule has 1 aliphatic heterocycles. The summed E-state index contributed by atoms with van der Waals surface area (Å²) in [6.07, 6.45) is 3.69. The van der Waals surface area contributed by atoms with Crippen LogP contribution in [0.15, 0.2) is 42.7 Å². The third-order valence-electron chi connectivity index (χ3n) is 4.32. The molecule has 134 valence electrons. The van der Waals surface area contributed by atoms with E-state index in [4.69, 9.17) is 23.2 Å². The first-order valence-corrected chi connectivity index (χ1v) is 9.91. The predicted octanol–water partition coefficient (Wildman–Crippen LogP) is 4.23. The van der Waals surface area contributed by atoms with Gasteiger partial charge in [0.2, 0.25) is 5.13 Å². The lowest BCUT2D eigenvalue weighted by molar-refractivity contribution is 0.249. The molecule has 0 spiro atoms. The zero-order chi connectivity index (χ0) is 17.9. The number of pyridine rings is 1. The van der Waals surface area contributed by atoms with Crippen LogP contribution in [0.1, 0.15) is 5.56 Å². The van der Waals surface area contributed by atoms with E-state index in [-0.39, 0.29) is 0 Å². The normalized spacial score (nSPS) is 15.4. The maximum atomic E-state index is 6.09. The quantitative estimate of drug-likeness (QED) is 0.649. The van der Waals surface area contributed by atoms with Crippen LogP contribution in [-0.2, 0) is 6.54 Å². The SMILES string of the molecule is Clc1cc(Cl)cc(-c2nnc(N3CCN(Cc4ccncc4)CC3)s2)c1. The molecule has 1 saturated heterocycles. The van der Waals surface area contributed by atoms with Crippen molar-refractivity contribution in [3.63, 3.8) is 0 Å². The van der Waals surface area contributed by atoms with Crippen LogP contribution in [-0.4, -0.2) is 46.3 Å². The van der Waals surface area contributed by atoms with Gasteiger partial charge in [-0.3, -0.25) is 9.88 Å². The summed E-state index contributed by atoms with van der Waals surface area (Å²) in [5, 5.41) is 11.7. The summed E-state index contributed by atoms with van der Waals surface area (Å²) < 4.78 is 0. The van der Waals surface area contributed by atoms with E-state index >= 15 is 0 Å². The van der Waals surface area contributed by atoms with Gasteiger partial charge in [0.25, 0.3) is 0 Å².